The summed E-state index contributed by atoms with van der Waals surface area (Å²) in [6, 6.07) is 8.27. The highest BCUT2D eigenvalue weighted by Gasteiger charge is 2.26. The first-order chi connectivity index (χ1) is 10.7. The highest BCUT2D eigenvalue weighted by Crippen LogP contribution is 2.09. The van der Waals surface area contributed by atoms with Crippen molar-refractivity contribution >= 4 is 17.8 Å². The third-order valence-electron chi connectivity index (χ3n) is 2.68. The molecule has 0 spiro atoms. The van der Waals surface area contributed by atoms with Crippen LogP contribution in [-0.4, -0.2) is 36.1 Å². The Hall–Kier alpha value is -2.37. The van der Waals surface area contributed by atoms with Crippen molar-refractivity contribution in [1.82, 2.24) is 5.32 Å². The molecule has 1 aromatic carbocycles. The minimum atomic E-state index is -0.924. The van der Waals surface area contributed by atoms with Crippen LogP contribution in [0, 0.1) is 0 Å². The summed E-state index contributed by atoms with van der Waals surface area (Å²) < 4.78 is 10.1. The number of rotatable bonds is 6. The van der Waals surface area contributed by atoms with Crippen LogP contribution in [0.25, 0.3) is 0 Å². The quantitative estimate of drug-likeness (QED) is 0.813. The number of hydrogen-bond donors (Lipinski definition) is 1. The first-order valence-corrected chi connectivity index (χ1v) is 7.37. The topological polar surface area (TPSA) is 81.7 Å². The van der Waals surface area contributed by atoms with Crippen LogP contribution >= 0.6 is 0 Å². The highest BCUT2D eigenvalue weighted by molar-refractivity contribution is 5.84. The average molecular weight is 321 g/mol. The number of alkyl carbamates (subject to hydrolysis) is 1. The van der Waals surface area contributed by atoms with E-state index >= 15 is 0 Å². The summed E-state index contributed by atoms with van der Waals surface area (Å²) in [5.74, 6) is -0.941. The van der Waals surface area contributed by atoms with Crippen LogP contribution in [0.3, 0.4) is 0 Å². The number of esters is 1. The monoisotopic (exact) mass is 321 g/mol. The van der Waals surface area contributed by atoms with Gasteiger partial charge in [-0.25, -0.2) is 9.59 Å². The third-order valence-corrected chi connectivity index (χ3v) is 2.68. The fourth-order valence-corrected chi connectivity index (χ4v) is 1.77. The third kappa shape index (κ3) is 7.99. The maximum atomic E-state index is 12.1. The molecule has 1 unspecified atom stereocenters. The largest absolute Gasteiger partial charge is 0.456 e. The average Bonchev–Trinajstić information content (AvgIpc) is 2.43. The molecule has 0 aliphatic rings. The number of ketones is 1. The minimum Gasteiger partial charge on any atom is -0.456 e. The molecule has 1 amide bonds. The van der Waals surface area contributed by atoms with E-state index in [0.29, 0.717) is 0 Å². The van der Waals surface area contributed by atoms with Gasteiger partial charge < -0.3 is 14.8 Å². The summed E-state index contributed by atoms with van der Waals surface area (Å²) >= 11 is 0. The van der Waals surface area contributed by atoms with Gasteiger partial charge >= 0.3 is 12.1 Å². The number of carbonyl (C=O) groups is 3. The van der Waals surface area contributed by atoms with Crippen molar-refractivity contribution in [1.29, 1.82) is 0 Å². The van der Waals surface area contributed by atoms with Gasteiger partial charge in [-0.05, 0) is 33.3 Å². The number of nitrogens with one attached hydrogen (secondary N) is 1. The van der Waals surface area contributed by atoms with E-state index in [2.05, 4.69) is 5.32 Å². The van der Waals surface area contributed by atoms with Gasteiger partial charge in [0.15, 0.2) is 5.78 Å². The zero-order chi connectivity index (χ0) is 17.5. The Balaban J connectivity index is 2.77. The van der Waals surface area contributed by atoms with Gasteiger partial charge in [0.25, 0.3) is 0 Å². The second-order valence-electron chi connectivity index (χ2n) is 6.20. The van der Waals surface area contributed by atoms with Gasteiger partial charge in [0.05, 0.1) is 0 Å². The SMILES string of the molecule is CC(=O)COC(=O)C(Cc1ccccc1)NC(=O)OC(C)(C)C. The maximum Gasteiger partial charge on any atom is 0.408 e. The molecule has 0 aromatic heterocycles. The first-order valence-electron chi connectivity index (χ1n) is 7.37. The number of amides is 1. The van der Waals surface area contributed by atoms with Crippen LogP contribution in [0.1, 0.15) is 33.3 Å². The van der Waals surface area contributed by atoms with Crippen LogP contribution in [0.15, 0.2) is 30.3 Å². The van der Waals surface area contributed by atoms with Gasteiger partial charge in [-0.3, -0.25) is 4.79 Å². The van der Waals surface area contributed by atoms with E-state index in [1.807, 2.05) is 30.3 Å². The summed E-state index contributed by atoms with van der Waals surface area (Å²) in [6.07, 6.45) is -0.463. The molecule has 1 aromatic rings. The van der Waals surface area contributed by atoms with Crippen molar-refractivity contribution in [3.05, 3.63) is 35.9 Å². The van der Waals surface area contributed by atoms with E-state index in [-0.39, 0.29) is 18.8 Å². The normalized spacial score (nSPS) is 12.2. The van der Waals surface area contributed by atoms with Crippen molar-refractivity contribution < 1.29 is 23.9 Å². The Morgan fingerprint density at radius 2 is 1.74 bits per heavy atom. The van der Waals surface area contributed by atoms with Gasteiger partial charge in [-0.1, -0.05) is 30.3 Å². The van der Waals surface area contributed by atoms with Crippen molar-refractivity contribution in [2.75, 3.05) is 6.61 Å². The summed E-state index contributed by atoms with van der Waals surface area (Å²) in [5, 5.41) is 2.50. The second-order valence-corrected chi connectivity index (χ2v) is 6.20. The van der Waals surface area contributed by atoms with Crippen LogP contribution in [0.4, 0.5) is 4.79 Å². The zero-order valence-corrected chi connectivity index (χ0v) is 13.9. The summed E-state index contributed by atoms with van der Waals surface area (Å²) in [5.41, 5.74) is 0.179. The highest BCUT2D eigenvalue weighted by atomic mass is 16.6. The van der Waals surface area contributed by atoms with Crippen molar-refractivity contribution in [3.63, 3.8) is 0 Å². The molecule has 126 valence electrons. The predicted molar refractivity (Wildman–Crippen MR) is 84.9 cm³/mol. The number of hydrogen-bond acceptors (Lipinski definition) is 5. The molecule has 0 bridgehead atoms. The van der Waals surface area contributed by atoms with Crippen molar-refractivity contribution in [2.45, 2.75) is 45.8 Å². The Bertz CT molecular complexity index is 548. The van der Waals surface area contributed by atoms with Crippen molar-refractivity contribution in [3.8, 4) is 0 Å². The first kappa shape index (κ1) is 18.7. The van der Waals surface area contributed by atoms with E-state index in [1.165, 1.54) is 6.92 Å². The van der Waals surface area contributed by atoms with E-state index < -0.39 is 23.7 Å². The number of carbonyl (C=O) groups excluding carboxylic acids is 3. The molecule has 0 radical (unpaired) electrons. The molecule has 6 heteroatoms. The summed E-state index contributed by atoms with van der Waals surface area (Å²) in [7, 11) is 0. The number of ether oxygens (including phenoxy) is 2. The predicted octanol–water partition coefficient (Wildman–Crippen LogP) is 2.25. The van der Waals surface area contributed by atoms with Crippen LogP contribution < -0.4 is 5.32 Å². The fourth-order valence-electron chi connectivity index (χ4n) is 1.77. The van der Waals surface area contributed by atoms with E-state index in [9.17, 15) is 14.4 Å². The molecule has 0 aliphatic carbocycles. The van der Waals surface area contributed by atoms with Crippen LogP contribution in [-0.2, 0) is 25.5 Å². The molecule has 0 fully saturated rings. The molecular formula is C17H23NO5. The molecule has 23 heavy (non-hydrogen) atoms. The second kappa shape index (κ2) is 8.31. The lowest BCUT2D eigenvalue weighted by molar-refractivity contribution is -0.149. The van der Waals surface area contributed by atoms with Gasteiger partial charge in [0.2, 0.25) is 0 Å². The Morgan fingerprint density at radius 3 is 2.26 bits per heavy atom. The zero-order valence-electron chi connectivity index (χ0n) is 13.9. The maximum absolute atomic E-state index is 12.1. The lowest BCUT2D eigenvalue weighted by Gasteiger charge is -2.23. The van der Waals surface area contributed by atoms with Gasteiger partial charge in [0.1, 0.15) is 18.2 Å². The lowest BCUT2D eigenvalue weighted by Crippen LogP contribution is -2.45. The standard InChI is InChI=1S/C17H23NO5/c1-12(19)11-22-15(20)14(10-13-8-6-5-7-9-13)18-16(21)23-17(2,3)4/h5-9,14H,10-11H2,1-4H3,(H,18,21). The molecular weight excluding hydrogens is 298 g/mol. The molecule has 0 heterocycles. The fraction of sp³-hybridized carbons (Fsp3) is 0.471. The van der Waals surface area contributed by atoms with E-state index in [4.69, 9.17) is 9.47 Å². The Kier molecular flexibility index (Phi) is 6.75. The molecule has 0 aliphatic heterocycles. The van der Waals surface area contributed by atoms with Crippen molar-refractivity contribution in [2.24, 2.45) is 0 Å². The summed E-state index contributed by atoms with van der Waals surface area (Å²) in [4.78, 5) is 35.0. The van der Waals surface area contributed by atoms with E-state index in [0.717, 1.165) is 5.56 Å². The molecule has 1 atom stereocenters. The number of benzene rings is 1. The van der Waals surface area contributed by atoms with Gasteiger partial charge in [-0.15, -0.1) is 0 Å². The molecule has 1 N–H and O–H groups in total. The smallest absolute Gasteiger partial charge is 0.408 e. The number of Topliss-reactive ketones (excluding diaryl/α,β-unsaturated/α-hetero) is 1. The van der Waals surface area contributed by atoms with Crippen LogP contribution in [0.5, 0.6) is 0 Å². The minimum absolute atomic E-state index is 0.247. The van der Waals surface area contributed by atoms with Gasteiger partial charge in [-0.2, -0.15) is 0 Å². The molecule has 0 saturated heterocycles. The molecule has 6 nitrogen and oxygen atoms in total. The Labute approximate surface area is 136 Å². The van der Waals surface area contributed by atoms with E-state index in [1.54, 1.807) is 20.8 Å². The summed E-state index contributed by atoms with van der Waals surface area (Å²) in [6.45, 7) is 6.19. The molecule has 0 saturated carbocycles. The molecule has 1 rings (SSSR count). The van der Waals surface area contributed by atoms with Crippen LogP contribution in [0.2, 0.25) is 0 Å². The Morgan fingerprint density at radius 1 is 1.13 bits per heavy atom. The van der Waals surface area contributed by atoms with Gasteiger partial charge in [0, 0.05) is 6.42 Å². The lowest BCUT2D eigenvalue weighted by atomic mass is 10.1.